The van der Waals surface area contributed by atoms with E-state index in [-0.39, 0.29) is 6.54 Å². The topological polar surface area (TPSA) is 64.0 Å². The van der Waals surface area contributed by atoms with Gasteiger partial charge in [-0.2, -0.15) is 0 Å². The van der Waals surface area contributed by atoms with Gasteiger partial charge in [0.15, 0.2) is 0 Å². The van der Waals surface area contributed by atoms with Crippen LogP contribution in [0.25, 0.3) is 22.4 Å². The fourth-order valence-electron chi connectivity index (χ4n) is 3.76. The standard InChI is InChI=1S/C25H27N3O2S/c1-19(2)18-20-12-14-22(15-13-20)31(29,30)26-16-17-28-24-11-7-6-10-23(24)27-25(28)21-8-4-3-5-9-21/h3-15,19,26H,16-18H2,1-2H3. The van der Waals surface area contributed by atoms with Gasteiger partial charge in [0.1, 0.15) is 5.82 Å². The Bertz CT molecular complexity index is 1260. The Hall–Kier alpha value is -2.96. The first kappa shape index (κ1) is 21.3. The molecule has 0 unspecified atom stereocenters. The number of nitrogens with zero attached hydrogens (tertiary/aromatic N) is 2. The van der Waals surface area contributed by atoms with Crippen molar-refractivity contribution in [1.29, 1.82) is 0 Å². The normalized spacial score (nSPS) is 12.0. The minimum atomic E-state index is -3.57. The Morgan fingerprint density at radius 1 is 0.903 bits per heavy atom. The van der Waals surface area contributed by atoms with Crippen molar-refractivity contribution >= 4 is 21.1 Å². The Labute approximate surface area is 183 Å². The third-order valence-corrected chi connectivity index (χ3v) is 6.67. The molecule has 0 fully saturated rings. The molecule has 0 bridgehead atoms. The lowest BCUT2D eigenvalue weighted by molar-refractivity contribution is 0.574. The number of hydrogen-bond donors (Lipinski definition) is 1. The predicted molar refractivity (Wildman–Crippen MR) is 125 cm³/mol. The maximum Gasteiger partial charge on any atom is 0.240 e. The van der Waals surface area contributed by atoms with E-state index in [1.54, 1.807) is 12.1 Å². The van der Waals surface area contributed by atoms with Crippen molar-refractivity contribution in [3.05, 3.63) is 84.4 Å². The molecule has 0 saturated carbocycles. The first-order valence-electron chi connectivity index (χ1n) is 10.5. The van der Waals surface area contributed by atoms with E-state index in [0.29, 0.717) is 17.4 Å². The van der Waals surface area contributed by atoms with Crippen LogP contribution in [0.2, 0.25) is 0 Å². The maximum absolute atomic E-state index is 12.8. The van der Waals surface area contributed by atoms with Crippen LogP contribution in [0.15, 0.2) is 83.8 Å². The van der Waals surface area contributed by atoms with Crippen molar-refractivity contribution in [2.45, 2.75) is 31.7 Å². The average molecular weight is 434 g/mol. The summed E-state index contributed by atoms with van der Waals surface area (Å²) in [6, 6.07) is 25.0. The van der Waals surface area contributed by atoms with Crippen LogP contribution < -0.4 is 4.72 Å². The number of imidazole rings is 1. The predicted octanol–water partition coefficient (Wildman–Crippen LogP) is 4.88. The molecule has 1 aromatic heterocycles. The van der Waals surface area contributed by atoms with Gasteiger partial charge in [-0.1, -0.05) is 68.4 Å². The van der Waals surface area contributed by atoms with Crippen LogP contribution in [0.5, 0.6) is 0 Å². The molecule has 0 atom stereocenters. The number of benzene rings is 3. The van der Waals surface area contributed by atoms with Crippen LogP contribution in [0, 0.1) is 5.92 Å². The van der Waals surface area contributed by atoms with Crippen LogP contribution in [-0.4, -0.2) is 24.5 Å². The Morgan fingerprint density at radius 2 is 1.58 bits per heavy atom. The Kier molecular flexibility index (Phi) is 6.20. The highest BCUT2D eigenvalue weighted by molar-refractivity contribution is 7.89. The highest BCUT2D eigenvalue weighted by Gasteiger charge is 2.16. The molecule has 31 heavy (non-hydrogen) atoms. The minimum absolute atomic E-state index is 0.274. The summed E-state index contributed by atoms with van der Waals surface area (Å²) in [7, 11) is -3.57. The van der Waals surface area contributed by atoms with E-state index < -0.39 is 10.0 Å². The monoisotopic (exact) mass is 433 g/mol. The Morgan fingerprint density at radius 3 is 2.29 bits per heavy atom. The second kappa shape index (κ2) is 9.04. The van der Waals surface area contributed by atoms with Crippen LogP contribution in [0.4, 0.5) is 0 Å². The molecule has 1 heterocycles. The van der Waals surface area contributed by atoms with Gasteiger partial charge in [0.05, 0.1) is 15.9 Å². The molecule has 0 aliphatic heterocycles. The number of nitrogens with one attached hydrogen (secondary N) is 1. The lowest BCUT2D eigenvalue weighted by atomic mass is 10.0. The lowest BCUT2D eigenvalue weighted by Gasteiger charge is -2.12. The summed E-state index contributed by atoms with van der Waals surface area (Å²) in [5.41, 5.74) is 4.03. The maximum atomic E-state index is 12.8. The summed E-state index contributed by atoms with van der Waals surface area (Å²) in [4.78, 5) is 5.07. The van der Waals surface area contributed by atoms with Crippen LogP contribution in [0.1, 0.15) is 19.4 Å². The number of fused-ring (bicyclic) bond motifs is 1. The number of rotatable bonds is 8. The molecule has 0 saturated heterocycles. The SMILES string of the molecule is CC(C)Cc1ccc(S(=O)(=O)NCCn2c(-c3ccccc3)nc3ccccc32)cc1. The molecule has 0 aliphatic carbocycles. The molecule has 5 nitrogen and oxygen atoms in total. The quantitative estimate of drug-likeness (QED) is 0.431. The third kappa shape index (κ3) is 4.86. The fourth-order valence-corrected chi connectivity index (χ4v) is 4.78. The zero-order chi connectivity index (χ0) is 21.8. The van der Waals surface area contributed by atoms with Crippen molar-refractivity contribution in [2.24, 2.45) is 5.92 Å². The second-order valence-corrected chi connectivity index (χ2v) is 9.85. The van der Waals surface area contributed by atoms with Crippen molar-refractivity contribution in [1.82, 2.24) is 14.3 Å². The number of hydrogen-bond acceptors (Lipinski definition) is 3. The van der Waals surface area contributed by atoms with E-state index in [1.807, 2.05) is 66.7 Å². The van der Waals surface area contributed by atoms with E-state index in [4.69, 9.17) is 4.98 Å². The van der Waals surface area contributed by atoms with E-state index in [0.717, 1.165) is 34.4 Å². The zero-order valence-corrected chi connectivity index (χ0v) is 18.6. The van der Waals surface area contributed by atoms with E-state index >= 15 is 0 Å². The molecule has 1 N–H and O–H groups in total. The molecule has 6 heteroatoms. The zero-order valence-electron chi connectivity index (χ0n) is 17.8. The highest BCUT2D eigenvalue weighted by Crippen LogP contribution is 2.24. The van der Waals surface area contributed by atoms with Gasteiger partial charge in [0, 0.05) is 18.7 Å². The van der Waals surface area contributed by atoms with Crippen LogP contribution in [0.3, 0.4) is 0 Å². The second-order valence-electron chi connectivity index (χ2n) is 8.08. The van der Waals surface area contributed by atoms with Crippen molar-refractivity contribution in [3.8, 4) is 11.4 Å². The molecule has 3 aromatic carbocycles. The first-order valence-corrected chi connectivity index (χ1v) is 12.0. The van der Waals surface area contributed by atoms with Gasteiger partial charge < -0.3 is 4.57 Å². The van der Waals surface area contributed by atoms with Crippen molar-refractivity contribution in [2.75, 3.05) is 6.54 Å². The van der Waals surface area contributed by atoms with Gasteiger partial charge in [0.25, 0.3) is 0 Å². The largest absolute Gasteiger partial charge is 0.323 e. The summed E-state index contributed by atoms with van der Waals surface area (Å²) in [6.07, 6.45) is 0.934. The first-order chi connectivity index (χ1) is 14.9. The van der Waals surface area contributed by atoms with Gasteiger partial charge in [0.2, 0.25) is 10.0 Å². The number of para-hydroxylation sites is 2. The van der Waals surface area contributed by atoms with Crippen LogP contribution >= 0.6 is 0 Å². The summed E-state index contributed by atoms with van der Waals surface area (Å²) in [5.74, 6) is 1.36. The van der Waals surface area contributed by atoms with Crippen LogP contribution in [-0.2, 0) is 23.0 Å². The molecule has 0 amide bonds. The van der Waals surface area contributed by atoms with Gasteiger partial charge in [-0.25, -0.2) is 18.1 Å². The number of sulfonamides is 1. The smallest absolute Gasteiger partial charge is 0.240 e. The lowest BCUT2D eigenvalue weighted by Crippen LogP contribution is -2.27. The van der Waals surface area contributed by atoms with Gasteiger partial charge in [-0.3, -0.25) is 0 Å². The fraction of sp³-hybridized carbons (Fsp3) is 0.240. The van der Waals surface area contributed by atoms with Gasteiger partial charge in [-0.15, -0.1) is 0 Å². The summed E-state index contributed by atoms with van der Waals surface area (Å²) in [6.45, 7) is 5.05. The summed E-state index contributed by atoms with van der Waals surface area (Å²) < 4.78 is 30.4. The van der Waals surface area contributed by atoms with E-state index in [2.05, 4.69) is 23.1 Å². The molecule has 4 aromatic rings. The average Bonchev–Trinajstić information content (AvgIpc) is 3.13. The summed E-state index contributed by atoms with van der Waals surface area (Å²) >= 11 is 0. The molecular formula is C25H27N3O2S. The molecule has 0 radical (unpaired) electrons. The van der Waals surface area contributed by atoms with Crippen molar-refractivity contribution < 1.29 is 8.42 Å². The molecule has 0 spiro atoms. The highest BCUT2D eigenvalue weighted by atomic mass is 32.2. The third-order valence-electron chi connectivity index (χ3n) is 5.19. The molecule has 4 rings (SSSR count). The number of aromatic nitrogens is 2. The minimum Gasteiger partial charge on any atom is -0.323 e. The van der Waals surface area contributed by atoms with E-state index in [9.17, 15) is 8.42 Å². The van der Waals surface area contributed by atoms with Gasteiger partial charge >= 0.3 is 0 Å². The van der Waals surface area contributed by atoms with E-state index in [1.165, 1.54) is 0 Å². The van der Waals surface area contributed by atoms with Gasteiger partial charge in [-0.05, 0) is 42.2 Å². The van der Waals surface area contributed by atoms with Crippen molar-refractivity contribution in [3.63, 3.8) is 0 Å². The molecular weight excluding hydrogens is 406 g/mol. The summed E-state index contributed by atoms with van der Waals surface area (Å²) in [5, 5.41) is 0. The molecule has 160 valence electrons. The Balaban J connectivity index is 1.53. The molecule has 0 aliphatic rings.